The molecule has 6 heteroatoms. The number of likely N-dealkylation sites (tertiary alicyclic amines) is 1. The van der Waals surface area contributed by atoms with Crippen molar-refractivity contribution in [3.8, 4) is 5.75 Å². The molecule has 1 fully saturated rings. The first-order chi connectivity index (χ1) is 14.0. The SMILES string of the molecule is CNC(=O)C[C@H]1CC2(CCN(C(=O)c3ccccc3F)CC2)Oc2ccccc21. The monoisotopic (exact) mass is 396 g/mol. The van der Waals surface area contributed by atoms with E-state index in [1.165, 1.54) is 12.1 Å². The zero-order chi connectivity index (χ0) is 20.4. The first kappa shape index (κ1) is 19.4. The van der Waals surface area contributed by atoms with Crippen LogP contribution in [0, 0.1) is 5.82 Å². The van der Waals surface area contributed by atoms with Crippen LogP contribution in [-0.4, -0.2) is 42.5 Å². The summed E-state index contributed by atoms with van der Waals surface area (Å²) >= 11 is 0. The normalized spacial score (nSPS) is 19.9. The summed E-state index contributed by atoms with van der Waals surface area (Å²) in [6.07, 6.45) is 2.47. The van der Waals surface area contributed by atoms with E-state index >= 15 is 0 Å². The molecular formula is C23H25FN2O3. The summed E-state index contributed by atoms with van der Waals surface area (Å²) in [5, 5.41) is 2.71. The fraction of sp³-hybridized carbons (Fsp3) is 0.391. The fourth-order valence-corrected chi connectivity index (χ4v) is 4.48. The molecule has 2 aromatic rings. The fourth-order valence-electron chi connectivity index (χ4n) is 4.48. The lowest BCUT2D eigenvalue weighted by molar-refractivity contribution is -0.121. The zero-order valence-corrected chi connectivity index (χ0v) is 16.5. The van der Waals surface area contributed by atoms with Gasteiger partial charge in [-0.3, -0.25) is 9.59 Å². The summed E-state index contributed by atoms with van der Waals surface area (Å²) in [6.45, 7) is 1.00. The molecule has 1 N–H and O–H groups in total. The molecule has 0 aliphatic carbocycles. The Balaban J connectivity index is 1.51. The van der Waals surface area contributed by atoms with Crippen LogP contribution in [0.3, 0.4) is 0 Å². The van der Waals surface area contributed by atoms with E-state index in [-0.39, 0.29) is 23.3 Å². The van der Waals surface area contributed by atoms with Gasteiger partial charge in [-0.2, -0.15) is 0 Å². The molecule has 29 heavy (non-hydrogen) atoms. The van der Waals surface area contributed by atoms with Crippen molar-refractivity contribution in [3.05, 3.63) is 65.5 Å². The number of piperidine rings is 1. The topological polar surface area (TPSA) is 58.6 Å². The molecule has 0 saturated carbocycles. The van der Waals surface area contributed by atoms with Gasteiger partial charge in [-0.15, -0.1) is 0 Å². The van der Waals surface area contributed by atoms with Crippen LogP contribution in [-0.2, 0) is 4.79 Å². The van der Waals surface area contributed by atoms with Crippen molar-refractivity contribution in [2.24, 2.45) is 0 Å². The summed E-state index contributed by atoms with van der Waals surface area (Å²) in [6, 6.07) is 14.0. The second kappa shape index (κ2) is 7.85. The van der Waals surface area contributed by atoms with Crippen molar-refractivity contribution in [2.75, 3.05) is 20.1 Å². The Morgan fingerprint density at radius 3 is 2.55 bits per heavy atom. The summed E-state index contributed by atoms with van der Waals surface area (Å²) in [4.78, 5) is 26.5. The van der Waals surface area contributed by atoms with Gasteiger partial charge in [0.25, 0.3) is 5.91 Å². The van der Waals surface area contributed by atoms with Crippen LogP contribution < -0.4 is 10.1 Å². The van der Waals surface area contributed by atoms with E-state index < -0.39 is 11.4 Å². The second-order valence-corrected chi connectivity index (χ2v) is 7.87. The molecule has 1 saturated heterocycles. The molecule has 152 valence electrons. The molecule has 2 aromatic carbocycles. The number of rotatable bonds is 3. The van der Waals surface area contributed by atoms with E-state index in [1.807, 2.05) is 24.3 Å². The quantitative estimate of drug-likeness (QED) is 0.864. The van der Waals surface area contributed by atoms with Crippen molar-refractivity contribution < 1.29 is 18.7 Å². The molecule has 0 radical (unpaired) electrons. The minimum absolute atomic E-state index is 0.00835. The number of para-hydroxylation sites is 1. The molecule has 2 aliphatic heterocycles. The first-order valence-corrected chi connectivity index (χ1v) is 10.0. The van der Waals surface area contributed by atoms with Crippen LogP contribution in [0.2, 0.25) is 0 Å². The van der Waals surface area contributed by atoms with Gasteiger partial charge in [0.05, 0.1) is 5.56 Å². The molecule has 0 unspecified atom stereocenters. The Hall–Kier alpha value is -2.89. The number of benzene rings is 2. The lowest BCUT2D eigenvalue weighted by Crippen LogP contribution is -2.52. The minimum atomic E-state index is -0.494. The highest BCUT2D eigenvalue weighted by molar-refractivity contribution is 5.94. The third kappa shape index (κ3) is 3.84. The molecule has 2 amide bonds. The van der Waals surface area contributed by atoms with E-state index in [4.69, 9.17) is 4.74 Å². The highest BCUT2D eigenvalue weighted by atomic mass is 19.1. The average Bonchev–Trinajstić information content (AvgIpc) is 2.74. The molecule has 2 aliphatic rings. The summed E-state index contributed by atoms with van der Waals surface area (Å²) in [7, 11) is 1.65. The second-order valence-electron chi connectivity index (χ2n) is 7.87. The average molecular weight is 396 g/mol. The number of fused-ring (bicyclic) bond motifs is 1. The van der Waals surface area contributed by atoms with Crippen LogP contribution in [0.1, 0.15) is 47.5 Å². The van der Waals surface area contributed by atoms with Crippen molar-refractivity contribution in [2.45, 2.75) is 37.2 Å². The smallest absolute Gasteiger partial charge is 0.256 e. The Morgan fingerprint density at radius 2 is 1.83 bits per heavy atom. The van der Waals surface area contributed by atoms with E-state index in [1.54, 1.807) is 24.1 Å². The van der Waals surface area contributed by atoms with Crippen molar-refractivity contribution >= 4 is 11.8 Å². The number of halogens is 1. The van der Waals surface area contributed by atoms with Crippen LogP contribution in [0.4, 0.5) is 4.39 Å². The van der Waals surface area contributed by atoms with Gasteiger partial charge >= 0.3 is 0 Å². The number of nitrogens with zero attached hydrogens (tertiary/aromatic N) is 1. The summed E-state index contributed by atoms with van der Waals surface area (Å²) < 4.78 is 20.4. The van der Waals surface area contributed by atoms with Crippen LogP contribution in [0.15, 0.2) is 48.5 Å². The van der Waals surface area contributed by atoms with Crippen molar-refractivity contribution in [1.82, 2.24) is 10.2 Å². The summed E-state index contributed by atoms with van der Waals surface area (Å²) in [5.41, 5.74) is 0.765. The Labute approximate surface area is 169 Å². The number of hydrogen-bond acceptors (Lipinski definition) is 3. The Morgan fingerprint density at radius 1 is 1.14 bits per heavy atom. The van der Waals surface area contributed by atoms with E-state index in [0.29, 0.717) is 32.4 Å². The lowest BCUT2D eigenvalue weighted by Gasteiger charge is -2.47. The van der Waals surface area contributed by atoms with Gasteiger partial charge in [0.2, 0.25) is 5.91 Å². The Bertz CT molecular complexity index is 922. The van der Waals surface area contributed by atoms with Crippen LogP contribution in [0.25, 0.3) is 0 Å². The van der Waals surface area contributed by atoms with Crippen LogP contribution >= 0.6 is 0 Å². The molecular weight excluding hydrogens is 371 g/mol. The zero-order valence-electron chi connectivity index (χ0n) is 16.5. The van der Waals surface area contributed by atoms with E-state index in [0.717, 1.165) is 17.7 Å². The van der Waals surface area contributed by atoms with Gasteiger partial charge < -0.3 is 15.0 Å². The van der Waals surface area contributed by atoms with Crippen molar-refractivity contribution in [1.29, 1.82) is 0 Å². The van der Waals surface area contributed by atoms with Crippen molar-refractivity contribution in [3.63, 3.8) is 0 Å². The standard InChI is InChI=1S/C23H25FN2O3/c1-25-21(27)14-16-15-23(29-20-9-5-3-6-17(16)20)10-12-26(13-11-23)22(28)18-7-2-4-8-19(18)24/h2-9,16H,10-15H2,1H3,(H,25,27)/t16-/m0/s1. The minimum Gasteiger partial charge on any atom is -0.487 e. The van der Waals surface area contributed by atoms with Gasteiger partial charge in [-0.1, -0.05) is 30.3 Å². The van der Waals surface area contributed by atoms with Gasteiger partial charge in [-0.05, 0) is 30.2 Å². The molecule has 0 aromatic heterocycles. The summed E-state index contributed by atoms with van der Waals surface area (Å²) in [5.74, 6) is 0.131. The maximum Gasteiger partial charge on any atom is 0.256 e. The number of hydrogen-bond donors (Lipinski definition) is 1. The number of amides is 2. The molecule has 2 heterocycles. The Kier molecular flexibility index (Phi) is 5.26. The van der Waals surface area contributed by atoms with E-state index in [9.17, 15) is 14.0 Å². The highest BCUT2D eigenvalue weighted by Gasteiger charge is 2.44. The predicted octanol–water partition coefficient (Wildman–Crippen LogP) is 3.50. The number of carbonyl (C=O) groups is 2. The largest absolute Gasteiger partial charge is 0.487 e. The first-order valence-electron chi connectivity index (χ1n) is 10.0. The molecule has 4 rings (SSSR count). The van der Waals surface area contributed by atoms with Crippen LogP contribution in [0.5, 0.6) is 5.75 Å². The maximum absolute atomic E-state index is 14.0. The molecule has 0 bridgehead atoms. The molecule has 5 nitrogen and oxygen atoms in total. The van der Waals surface area contributed by atoms with Gasteiger partial charge in [0.15, 0.2) is 0 Å². The molecule has 1 atom stereocenters. The predicted molar refractivity (Wildman–Crippen MR) is 107 cm³/mol. The lowest BCUT2D eigenvalue weighted by atomic mass is 9.76. The maximum atomic E-state index is 14.0. The van der Waals surface area contributed by atoms with Gasteiger partial charge in [0, 0.05) is 45.3 Å². The number of ether oxygens (including phenoxy) is 1. The van der Waals surface area contributed by atoms with Gasteiger partial charge in [-0.25, -0.2) is 4.39 Å². The number of carbonyl (C=O) groups excluding carboxylic acids is 2. The van der Waals surface area contributed by atoms with E-state index in [2.05, 4.69) is 5.32 Å². The third-order valence-electron chi connectivity index (χ3n) is 6.08. The number of nitrogens with one attached hydrogen (secondary N) is 1. The third-order valence-corrected chi connectivity index (χ3v) is 6.08. The molecule has 1 spiro atoms. The highest BCUT2D eigenvalue weighted by Crippen LogP contribution is 2.46. The van der Waals surface area contributed by atoms with Gasteiger partial charge in [0.1, 0.15) is 17.2 Å².